The molecule has 0 aliphatic rings. The topological polar surface area (TPSA) is 54.6 Å². The molecule has 0 aliphatic carbocycles. The van der Waals surface area contributed by atoms with Crippen LogP contribution in [0.5, 0.6) is 0 Å². The zero-order valence-electron chi connectivity index (χ0n) is 9.91. The molecule has 0 spiro atoms. The summed E-state index contributed by atoms with van der Waals surface area (Å²) in [5.41, 5.74) is 2.42. The van der Waals surface area contributed by atoms with E-state index in [4.69, 9.17) is 4.42 Å². The van der Waals surface area contributed by atoms with Crippen LogP contribution in [0.4, 0.5) is 0 Å². The van der Waals surface area contributed by atoms with E-state index in [1.165, 1.54) is 19.3 Å². The van der Waals surface area contributed by atoms with Gasteiger partial charge in [-0.05, 0) is 40.9 Å². The first-order valence-electron chi connectivity index (χ1n) is 5.81. The van der Waals surface area contributed by atoms with E-state index < -0.39 is 0 Å². The molecule has 1 aromatic rings. The van der Waals surface area contributed by atoms with E-state index in [1.54, 1.807) is 18.3 Å². The Bertz CT molecular complexity index is 374. The number of hydrazone groups is 1. The minimum atomic E-state index is -0.333. The minimum absolute atomic E-state index is 0.250. The molecule has 17 heavy (non-hydrogen) atoms. The number of halogens is 1. The largest absolute Gasteiger partial charge is 0.444 e. The van der Waals surface area contributed by atoms with Crippen LogP contribution < -0.4 is 5.43 Å². The molecule has 0 saturated heterocycles. The van der Waals surface area contributed by atoms with Crippen molar-refractivity contribution in [2.75, 3.05) is 0 Å². The Balaban J connectivity index is 2.17. The monoisotopic (exact) mass is 300 g/mol. The lowest BCUT2D eigenvalue weighted by atomic mass is 10.2. The predicted octanol–water partition coefficient (Wildman–Crippen LogP) is 3.73. The van der Waals surface area contributed by atoms with Gasteiger partial charge in [0.25, 0.3) is 0 Å². The average molecular weight is 301 g/mol. The molecular weight excluding hydrogens is 284 g/mol. The molecule has 4 nitrogen and oxygen atoms in total. The predicted molar refractivity (Wildman–Crippen MR) is 71.1 cm³/mol. The van der Waals surface area contributed by atoms with Crippen molar-refractivity contribution < 1.29 is 9.21 Å². The maximum absolute atomic E-state index is 11.5. The standard InChI is InChI=1S/C12H17BrN2O2/c1-2-3-4-5-6-9-14-15-12(16)10-7-8-11(13)17-10/h7-9H,2-6H2,1H3,(H,15,16)/b14-9-. The SMILES string of the molecule is CCCCCC/C=N\NC(=O)c1ccc(Br)o1. The molecule has 0 atom stereocenters. The van der Waals surface area contributed by atoms with Gasteiger partial charge < -0.3 is 4.42 Å². The molecule has 0 aliphatic heterocycles. The second-order valence-corrected chi connectivity index (χ2v) is 4.49. The second kappa shape index (κ2) is 8.06. The third kappa shape index (κ3) is 5.68. The Morgan fingerprint density at radius 1 is 1.47 bits per heavy atom. The first-order chi connectivity index (χ1) is 8.24. The molecule has 0 radical (unpaired) electrons. The summed E-state index contributed by atoms with van der Waals surface area (Å²) in [5, 5.41) is 3.85. The van der Waals surface area contributed by atoms with Crippen LogP contribution in [0.1, 0.15) is 49.6 Å². The third-order valence-corrected chi connectivity index (χ3v) is 2.67. The molecule has 0 fully saturated rings. The van der Waals surface area contributed by atoms with E-state index in [-0.39, 0.29) is 11.7 Å². The summed E-state index contributed by atoms with van der Waals surface area (Å²) in [6.45, 7) is 2.18. The first kappa shape index (κ1) is 14.0. The fourth-order valence-corrected chi connectivity index (χ4v) is 1.63. The van der Waals surface area contributed by atoms with E-state index in [0.29, 0.717) is 4.67 Å². The average Bonchev–Trinajstić information content (AvgIpc) is 2.74. The summed E-state index contributed by atoms with van der Waals surface area (Å²) in [4.78, 5) is 11.5. The summed E-state index contributed by atoms with van der Waals surface area (Å²) in [5.74, 6) is -0.0829. The molecule has 1 rings (SSSR count). The fraction of sp³-hybridized carbons (Fsp3) is 0.500. The minimum Gasteiger partial charge on any atom is -0.444 e. The Morgan fingerprint density at radius 2 is 2.29 bits per heavy atom. The van der Waals surface area contributed by atoms with Crippen molar-refractivity contribution in [3.8, 4) is 0 Å². The van der Waals surface area contributed by atoms with Crippen LogP contribution in [-0.4, -0.2) is 12.1 Å². The highest BCUT2D eigenvalue weighted by Crippen LogP contribution is 2.13. The Morgan fingerprint density at radius 3 is 2.94 bits per heavy atom. The Hall–Kier alpha value is -1.10. The van der Waals surface area contributed by atoms with Crippen LogP contribution in [0.2, 0.25) is 0 Å². The van der Waals surface area contributed by atoms with Gasteiger partial charge in [-0.15, -0.1) is 0 Å². The van der Waals surface area contributed by atoms with Gasteiger partial charge in [0.1, 0.15) is 0 Å². The van der Waals surface area contributed by atoms with Crippen LogP contribution in [0.25, 0.3) is 0 Å². The number of rotatable bonds is 7. The number of furan rings is 1. The number of unbranched alkanes of at least 4 members (excludes halogenated alkanes) is 4. The normalized spacial score (nSPS) is 10.9. The van der Waals surface area contributed by atoms with Crippen LogP contribution >= 0.6 is 15.9 Å². The van der Waals surface area contributed by atoms with Gasteiger partial charge in [0.2, 0.25) is 0 Å². The summed E-state index contributed by atoms with van der Waals surface area (Å²) in [7, 11) is 0. The van der Waals surface area contributed by atoms with Crippen molar-refractivity contribution in [3.05, 3.63) is 22.6 Å². The summed E-state index contributed by atoms with van der Waals surface area (Å²) >= 11 is 3.13. The lowest BCUT2D eigenvalue weighted by molar-refractivity contribution is 0.0926. The first-order valence-corrected chi connectivity index (χ1v) is 6.60. The van der Waals surface area contributed by atoms with Gasteiger partial charge in [0.05, 0.1) is 0 Å². The van der Waals surface area contributed by atoms with Crippen molar-refractivity contribution in [3.63, 3.8) is 0 Å². The number of amides is 1. The summed E-state index contributed by atoms with van der Waals surface area (Å²) in [6, 6.07) is 3.26. The van der Waals surface area contributed by atoms with Gasteiger partial charge in [-0.3, -0.25) is 4.79 Å². The number of nitrogens with zero attached hydrogens (tertiary/aromatic N) is 1. The van der Waals surface area contributed by atoms with E-state index in [0.717, 1.165) is 12.8 Å². The number of hydrogen-bond acceptors (Lipinski definition) is 3. The molecule has 1 amide bonds. The molecule has 1 N–H and O–H groups in total. The maximum Gasteiger partial charge on any atom is 0.307 e. The molecule has 0 unspecified atom stereocenters. The van der Waals surface area contributed by atoms with E-state index in [1.807, 2.05) is 0 Å². The molecule has 5 heteroatoms. The highest BCUT2D eigenvalue weighted by atomic mass is 79.9. The number of hydrogen-bond donors (Lipinski definition) is 1. The van der Waals surface area contributed by atoms with Crippen LogP contribution in [0, 0.1) is 0 Å². The molecule has 94 valence electrons. The van der Waals surface area contributed by atoms with E-state index >= 15 is 0 Å². The van der Waals surface area contributed by atoms with Gasteiger partial charge in [-0.2, -0.15) is 5.10 Å². The van der Waals surface area contributed by atoms with E-state index in [9.17, 15) is 4.79 Å². The Labute approximate surface area is 110 Å². The number of nitrogens with one attached hydrogen (secondary N) is 1. The van der Waals surface area contributed by atoms with Gasteiger partial charge in [0, 0.05) is 6.21 Å². The van der Waals surface area contributed by atoms with Gasteiger partial charge in [-0.1, -0.05) is 26.2 Å². The quantitative estimate of drug-likeness (QED) is 0.474. The van der Waals surface area contributed by atoms with Crippen LogP contribution in [0.3, 0.4) is 0 Å². The third-order valence-electron chi connectivity index (χ3n) is 2.24. The number of carbonyl (C=O) groups is 1. The molecule has 0 saturated carbocycles. The van der Waals surface area contributed by atoms with Crippen molar-refractivity contribution in [2.24, 2.45) is 5.10 Å². The smallest absolute Gasteiger partial charge is 0.307 e. The van der Waals surface area contributed by atoms with Gasteiger partial charge in [0.15, 0.2) is 10.4 Å². The van der Waals surface area contributed by atoms with Crippen LogP contribution in [-0.2, 0) is 0 Å². The van der Waals surface area contributed by atoms with Crippen molar-refractivity contribution in [1.29, 1.82) is 0 Å². The second-order valence-electron chi connectivity index (χ2n) is 3.71. The van der Waals surface area contributed by atoms with Crippen molar-refractivity contribution in [1.82, 2.24) is 5.43 Å². The molecular formula is C12H17BrN2O2. The molecule has 0 bridgehead atoms. The molecule has 1 heterocycles. The molecule has 0 aromatic carbocycles. The zero-order valence-corrected chi connectivity index (χ0v) is 11.5. The highest BCUT2D eigenvalue weighted by Gasteiger charge is 2.08. The van der Waals surface area contributed by atoms with E-state index in [2.05, 4.69) is 33.4 Å². The highest BCUT2D eigenvalue weighted by molar-refractivity contribution is 9.10. The molecule has 1 aromatic heterocycles. The maximum atomic E-state index is 11.5. The van der Waals surface area contributed by atoms with Crippen molar-refractivity contribution in [2.45, 2.75) is 39.0 Å². The van der Waals surface area contributed by atoms with Crippen LogP contribution in [0.15, 0.2) is 26.3 Å². The number of carbonyl (C=O) groups excluding carboxylic acids is 1. The van der Waals surface area contributed by atoms with Gasteiger partial charge >= 0.3 is 5.91 Å². The van der Waals surface area contributed by atoms with Gasteiger partial charge in [-0.25, -0.2) is 5.43 Å². The zero-order chi connectivity index (χ0) is 12.5. The fourth-order valence-electron chi connectivity index (χ4n) is 1.32. The Kier molecular flexibility index (Phi) is 6.62. The lowest BCUT2D eigenvalue weighted by Crippen LogP contribution is -2.16. The lowest BCUT2D eigenvalue weighted by Gasteiger charge is -1.96. The summed E-state index contributed by atoms with van der Waals surface area (Å²) < 4.78 is 5.62. The summed E-state index contributed by atoms with van der Waals surface area (Å²) in [6.07, 6.45) is 7.41. The van der Waals surface area contributed by atoms with Crippen molar-refractivity contribution >= 4 is 28.1 Å².